The Balaban J connectivity index is 1.45. The molecule has 0 radical (unpaired) electrons. The van der Waals surface area contributed by atoms with Crippen molar-refractivity contribution in [1.29, 1.82) is 0 Å². The van der Waals surface area contributed by atoms with Crippen LogP contribution in [0.25, 0.3) is 10.9 Å². The van der Waals surface area contributed by atoms with Gasteiger partial charge < -0.3 is 20.1 Å². The van der Waals surface area contributed by atoms with E-state index in [0.717, 1.165) is 42.8 Å². The number of aromatic nitrogens is 1. The van der Waals surface area contributed by atoms with Crippen molar-refractivity contribution in [3.8, 4) is 0 Å². The molecule has 0 spiro atoms. The first-order valence-corrected chi connectivity index (χ1v) is 9.09. The number of likely N-dealkylation sites (N-methyl/N-ethyl adjacent to an activating group) is 1. The highest BCUT2D eigenvalue weighted by Gasteiger charge is 2.14. The summed E-state index contributed by atoms with van der Waals surface area (Å²) in [4.78, 5) is 20.3. The van der Waals surface area contributed by atoms with Crippen molar-refractivity contribution >= 4 is 39.8 Å². The molecule has 5 nitrogen and oxygen atoms in total. The first-order chi connectivity index (χ1) is 12.6. The van der Waals surface area contributed by atoms with Gasteiger partial charge in [0.2, 0.25) is 0 Å². The summed E-state index contributed by atoms with van der Waals surface area (Å²) in [6.45, 7) is 4.20. The van der Waals surface area contributed by atoms with Crippen molar-refractivity contribution in [2.75, 3.05) is 43.4 Å². The highest BCUT2D eigenvalue weighted by molar-refractivity contribution is 6.31. The van der Waals surface area contributed by atoms with Gasteiger partial charge in [-0.05, 0) is 55.6 Å². The molecule has 0 atom stereocenters. The van der Waals surface area contributed by atoms with Crippen LogP contribution in [0.1, 0.15) is 10.5 Å². The van der Waals surface area contributed by atoms with Crippen LogP contribution in [-0.4, -0.2) is 49.0 Å². The summed E-state index contributed by atoms with van der Waals surface area (Å²) < 4.78 is 0. The number of piperazine rings is 1. The van der Waals surface area contributed by atoms with Crippen molar-refractivity contribution in [3.63, 3.8) is 0 Å². The number of nitrogens with zero attached hydrogens (tertiary/aromatic N) is 2. The molecule has 4 rings (SSSR count). The number of hydrogen-bond donors (Lipinski definition) is 2. The van der Waals surface area contributed by atoms with Gasteiger partial charge in [0.15, 0.2) is 0 Å². The Morgan fingerprint density at radius 2 is 1.77 bits per heavy atom. The number of benzene rings is 2. The normalized spacial score (nSPS) is 15.4. The molecule has 1 amide bonds. The summed E-state index contributed by atoms with van der Waals surface area (Å²) in [5, 5.41) is 4.52. The van der Waals surface area contributed by atoms with E-state index in [1.807, 2.05) is 30.3 Å². The number of rotatable bonds is 3. The van der Waals surface area contributed by atoms with Gasteiger partial charge >= 0.3 is 0 Å². The van der Waals surface area contributed by atoms with Crippen molar-refractivity contribution in [1.82, 2.24) is 9.88 Å². The second-order valence-corrected chi connectivity index (χ2v) is 7.14. The number of H-pyrrole nitrogens is 1. The van der Waals surface area contributed by atoms with Crippen LogP contribution in [-0.2, 0) is 0 Å². The van der Waals surface area contributed by atoms with Gasteiger partial charge in [0.1, 0.15) is 5.69 Å². The summed E-state index contributed by atoms with van der Waals surface area (Å²) in [5.41, 5.74) is 3.39. The maximum Gasteiger partial charge on any atom is 0.272 e. The second kappa shape index (κ2) is 7.02. The number of fused-ring (bicyclic) bond motifs is 1. The van der Waals surface area contributed by atoms with E-state index in [4.69, 9.17) is 11.6 Å². The topological polar surface area (TPSA) is 51.4 Å². The SMILES string of the molecule is CN1CCN(c2ccc(NC(=O)c3cc4cc(Cl)ccc4[nH]3)cc2)CC1. The number of amides is 1. The first-order valence-electron chi connectivity index (χ1n) is 8.72. The van der Waals surface area contributed by atoms with Crippen LogP contribution in [0, 0.1) is 0 Å². The monoisotopic (exact) mass is 368 g/mol. The summed E-state index contributed by atoms with van der Waals surface area (Å²) in [6, 6.07) is 15.4. The molecular weight excluding hydrogens is 348 g/mol. The molecule has 3 aromatic rings. The average Bonchev–Trinajstić information content (AvgIpc) is 3.06. The fraction of sp³-hybridized carbons (Fsp3) is 0.250. The highest BCUT2D eigenvalue weighted by atomic mass is 35.5. The van der Waals surface area contributed by atoms with Crippen molar-refractivity contribution in [3.05, 3.63) is 59.2 Å². The Morgan fingerprint density at radius 3 is 2.50 bits per heavy atom. The maximum absolute atomic E-state index is 12.5. The van der Waals surface area contributed by atoms with Gasteiger partial charge in [-0.15, -0.1) is 0 Å². The molecule has 26 heavy (non-hydrogen) atoms. The third-order valence-electron chi connectivity index (χ3n) is 4.82. The van der Waals surface area contributed by atoms with E-state index in [0.29, 0.717) is 10.7 Å². The number of hydrogen-bond acceptors (Lipinski definition) is 3. The molecule has 134 valence electrons. The van der Waals surface area contributed by atoms with Gasteiger partial charge in [-0.2, -0.15) is 0 Å². The van der Waals surface area contributed by atoms with Crippen LogP contribution >= 0.6 is 11.6 Å². The van der Waals surface area contributed by atoms with E-state index >= 15 is 0 Å². The smallest absolute Gasteiger partial charge is 0.272 e. The van der Waals surface area contributed by atoms with E-state index in [1.165, 1.54) is 5.69 Å². The van der Waals surface area contributed by atoms with Crippen molar-refractivity contribution in [2.45, 2.75) is 0 Å². The molecular formula is C20H21ClN4O. The Kier molecular flexibility index (Phi) is 4.57. The molecule has 0 bridgehead atoms. The van der Waals surface area contributed by atoms with Crippen LogP contribution in [0.4, 0.5) is 11.4 Å². The van der Waals surface area contributed by atoms with Gasteiger partial charge in [-0.3, -0.25) is 4.79 Å². The molecule has 1 aromatic heterocycles. The molecule has 6 heteroatoms. The van der Waals surface area contributed by atoms with E-state index < -0.39 is 0 Å². The van der Waals surface area contributed by atoms with Crippen LogP contribution in [0.2, 0.25) is 5.02 Å². The number of halogens is 1. The minimum absolute atomic E-state index is 0.162. The minimum atomic E-state index is -0.162. The van der Waals surface area contributed by atoms with Gasteiger partial charge in [-0.25, -0.2) is 0 Å². The van der Waals surface area contributed by atoms with Crippen LogP contribution in [0.3, 0.4) is 0 Å². The second-order valence-electron chi connectivity index (χ2n) is 6.71. The Morgan fingerprint density at radius 1 is 1.04 bits per heavy atom. The highest BCUT2D eigenvalue weighted by Crippen LogP contribution is 2.22. The lowest BCUT2D eigenvalue weighted by Gasteiger charge is -2.34. The molecule has 1 aliphatic rings. The standard InChI is InChI=1S/C20H21ClN4O/c1-24-8-10-25(11-9-24)17-5-3-16(4-6-17)22-20(26)19-13-14-12-15(21)2-7-18(14)23-19/h2-7,12-13,23H,8-11H2,1H3,(H,22,26). The zero-order valence-electron chi connectivity index (χ0n) is 14.6. The number of anilines is 2. The zero-order chi connectivity index (χ0) is 18.1. The third-order valence-corrected chi connectivity index (χ3v) is 5.06. The minimum Gasteiger partial charge on any atom is -0.369 e. The summed E-state index contributed by atoms with van der Waals surface area (Å²) in [5.74, 6) is -0.162. The van der Waals surface area contributed by atoms with Crippen molar-refractivity contribution < 1.29 is 4.79 Å². The molecule has 1 aliphatic heterocycles. The molecule has 0 aliphatic carbocycles. The molecule has 2 aromatic carbocycles. The molecule has 1 fully saturated rings. The molecule has 0 unspecified atom stereocenters. The zero-order valence-corrected chi connectivity index (χ0v) is 15.4. The fourth-order valence-corrected chi connectivity index (χ4v) is 3.43. The van der Waals surface area contributed by atoms with E-state index in [9.17, 15) is 4.79 Å². The molecule has 2 heterocycles. The summed E-state index contributed by atoms with van der Waals surface area (Å²) >= 11 is 6.00. The number of carbonyl (C=O) groups is 1. The number of carbonyl (C=O) groups excluding carboxylic acids is 1. The lowest BCUT2D eigenvalue weighted by Crippen LogP contribution is -2.44. The first kappa shape index (κ1) is 16.9. The van der Waals surface area contributed by atoms with Gasteiger partial charge in [0.25, 0.3) is 5.91 Å². The quantitative estimate of drug-likeness (QED) is 0.738. The third kappa shape index (κ3) is 3.54. The summed E-state index contributed by atoms with van der Waals surface area (Å²) in [7, 11) is 2.15. The van der Waals surface area contributed by atoms with Crippen LogP contribution in [0.5, 0.6) is 0 Å². The number of aromatic amines is 1. The van der Waals surface area contributed by atoms with Gasteiger partial charge in [0.05, 0.1) is 0 Å². The predicted molar refractivity (Wildman–Crippen MR) is 107 cm³/mol. The van der Waals surface area contributed by atoms with E-state index in [2.05, 4.69) is 39.3 Å². The largest absolute Gasteiger partial charge is 0.369 e. The van der Waals surface area contributed by atoms with E-state index in [-0.39, 0.29) is 5.91 Å². The predicted octanol–water partition coefficient (Wildman–Crippen LogP) is 3.83. The van der Waals surface area contributed by atoms with Crippen LogP contribution < -0.4 is 10.2 Å². The Bertz CT molecular complexity index is 927. The maximum atomic E-state index is 12.5. The lowest BCUT2D eigenvalue weighted by atomic mass is 10.2. The summed E-state index contributed by atoms with van der Waals surface area (Å²) in [6.07, 6.45) is 0. The molecule has 0 saturated carbocycles. The Hall–Kier alpha value is -2.50. The van der Waals surface area contributed by atoms with Crippen LogP contribution in [0.15, 0.2) is 48.5 Å². The lowest BCUT2D eigenvalue weighted by molar-refractivity contribution is 0.102. The number of nitrogens with one attached hydrogen (secondary N) is 2. The fourth-order valence-electron chi connectivity index (χ4n) is 3.24. The molecule has 1 saturated heterocycles. The van der Waals surface area contributed by atoms with Gasteiger partial charge in [-0.1, -0.05) is 11.6 Å². The average molecular weight is 369 g/mol. The molecule has 2 N–H and O–H groups in total. The van der Waals surface area contributed by atoms with E-state index in [1.54, 1.807) is 6.07 Å². The van der Waals surface area contributed by atoms with Gasteiger partial charge in [0, 0.05) is 53.5 Å². The van der Waals surface area contributed by atoms with Crippen molar-refractivity contribution in [2.24, 2.45) is 0 Å². The Labute approximate surface area is 157 Å².